The Hall–Kier alpha value is -0.120. The van der Waals surface area contributed by atoms with Gasteiger partial charge in [-0.3, -0.25) is 0 Å². The number of nitrogens with two attached hydrogens (primary N) is 1. The van der Waals surface area contributed by atoms with Gasteiger partial charge in [0.15, 0.2) is 0 Å². The summed E-state index contributed by atoms with van der Waals surface area (Å²) < 4.78 is 0. The van der Waals surface area contributed by atoms with Gasteiger partial charge in [0.2, 0.25) is 0 Å². The second-order valence-electron chi connectivity index (χ2n) is 11.0. The summed E-state index contributed by atoms with van der Waals surface area (Å²) in [5, 5.41) is 21.4. The van der Waals surface area contributed by atoms with E-state index in [0.29, 0.717) is 40.4 Å². The number of aliphatic hydroxyl groups excluding tert-OH is 2. The Morgan fingerprint density at radius 2 is 1.65 bits per heavy atom. The first-order valence-electron chi connectivity index (χ1n) is 11.4. The third kappa shape index (κ3) is 2.71. The van der Waals surface area contributed by atoms with E-state index in [-0.39, 0.29) is 12.2 Å². The van der Waals surface area contributed by atoms with E-state index < -0.39 is 0 Å². The van der Waals surface area contributed by atoms with Crippen LogP contribution in [0.25, 0.3) is 0 Å². The van der Waals surface area contributed by atoms with Crippen LogP contribution in [0.5, 0.6) is 0 Å². The summed E-state index contributed by atoms with van der Waals surface area (Å²) in [6.45, 7) is 8.26. The molecule has 0 aromatic heterocycles. The van der Waals surface area contributed by atoms with Gasteiger partial charge in [-0.05, 0) is 111 Å². The molecule has 0 aliphatic heterocycles. The monoisotopic (exact) mass is 363 g/mol. The number of hydrogen-bond acceptors (Lipinski definition) is 3. The van der Waals surface area contributed by atoms with Crippen LogP contribution in [-0.2, 0) is 0 Å². The standard InChI is InChI=1S/C23H41NO2/c1-14(8-11-24)17-4-5-18-21-19(7-10-23(17,18)3)22(2)9-6-16(25)12-15(22)13-20(21)26/h14-21,25-26H,4-13,24H2,1-3H3/t14-,15+,16-,17-,18?,19?,20+,21?,22+,23-/m1/s1. The lowest BCUT2D eigenvalue weighted by atomic mass is 9.43. The first-order valence-corrected chi connectivity index (χ1v) is 11.4. The molecule has 150 valence electrons. The van der Waals surface area contributed by atoms with E-state index in [0.717, 1.165) is 44.6 Å². The van der Waals surface area contributed by atoms with E-state index in [2.05, 4.69) is 20.8 Å². The van der Waals surface area contributed by atoms with E-state index in [4.69, 9.17) is 5.73 Å². The van der Waals surface area contributed by atoms with Crippen LogP contribution >= 0.6 is 0 Å². The summed E-state index contributed by atoms with van der Waals surface area (Å²) in [5.41, 5.74) is 6.61. The second-order valence-corrected chi connectivity index (χ2v) is 11.0. The number of hydrogen-bond donors (Lipinski definition) is 3. The van der Waals surface area contributed by atoms with Crippen LogP contribution in [0, 0.1) is 46.3 Å². The van der Waals surface area contributed by atoms with Crippen molar-refractivity contribution in [3.8, 4) is 0 Å². The predicted molar refractivity (Wildman–Crippen MR) is 105 cm³/mol. The average Bonchev–Trinajstić information content (AvgIpc) is 2.94. The lowest BCUT2D eigenvalue weighted by Crippen LogP contribution is -2.58. The molecule has 0 spiro atoms. The van der Waals surface area contributed by atoms with Crippen molar-refractivity contribution in [1.29, 1.82) is 0 Å². The van der Waals surface area contributed by atoms with Gasteiger partial charge in [0.1, 0.15) is 0 Å². The van der Waals surface area contributed by atoms with Crippen molar-refractivity contribution in [2.45, 2.75) is 90.8 Å². The van der Waals surface area contributed by atoms with Crippen molar-refractivity contribution in [1.82, 2.24) is 0 Å². The predicted octanol–water partition coefficient (Wildman–Crippen LogP) is 3.96. The summed E-state index contributed by atoms with van der Waals surface area (Å²) >= 11 is 0. The van der Waals surface area contributed by atoms with Crippen LogP contribution in [0.2, 0.25) is 0 Å². The van der Waals surface area contributed by atoms with E-state index in [1.807, 2.05) is 0 Å². The molecule has 4 aliphatic carbocycles. The summed E-state index contributed by atoms with van der Waals surface area (Å²) in [6, 6.07) is 0. The molecule has 0 aromatic carbocycles. The number of fused-ring (bicyclic) bond motifs is 5. The van der Waals surface area contributed by atoms with Crippen molar-refractivity contribution in [2.75, 3.05) is 6.54 Å². The van der Waals surface area contributed by atoms with Crippen LogP contribution in [0.1, 0.15) is 78.6 Å². The zero-order valence-corrected chi connectivity index (χ0v) is 17.2. The lowest BCUT2D eigenvalue weighted by molar-refractivity contribution is -0.174. The lowest BCUT2D eigenvalue weighted by Gasteiger charge is -2.62. The Balaban J connectivity index is 1.61. The molecule has 0 radical (unpaired) electrons. The van der Waals surface area contributed by atoms with Crippen LogP contribution in [0.4, 0.5) is 0 Å². The topological polar surface area (TPSA) is 66.5 Å². The molecule has 26 heavy (non-hydrogen) atoms. The minimum Gasteiger partial charge on any atom is -0.393 e. The molecular weight excluding hydrogens is 322 g/mol. The van der Waals surface area contributed by atoms with Gasteiger partial charge in [-0.2, -0.15) is 0 Å². The Labute approximate surface area is 160 Å². The molecule has 4 fully saturated rings. The maximum atomic E-state index is 11.2. The van der Waals surface area contributed by atoms with Gasteiger partial charge in [-0.15, -0.1) is 0 Å². The van der Waals surface area contributed by atoms with Crippen molar-refractivity contribution in [3.63, 3.8) is 0 Å². The molecular formula is C23H41NO2. The third-order valence-electron chi connectivity index (χ3n) is 10.0. The zero-order valence-electron chi connectivity index (χ0n) is 17.2. The highest BCUT2D eigenvalue weighted by Gasteiger charge is 2.62. The largest absolute Gasteiger partial charge is 0.393 e. The maximum absolute atomic E-state index is 11.2. The molecule has 4 aliphatic rings. The van der Waals surface area contributed by atoms with E-state index in [1.54, 1.807) is 0 Å². The molecule has 4 saturated carbocycles. The van der Waals surface area contributed by atoms with Crippen molar-refractivity contribution in [2.24, 2.45) is 52.1 Å². The van der Waals surface area contributed by atoms with Gasteiger partial charge in [0, 0.05) is 0 Å². The number of aliphatic hydroxyl groups is 2. The minimum atomic E-state index is -0.156. The molecule has 3 unspecified atom stereocenters. The second kappa shape index (κ2) is 6.74. The first kappa shape index (κ1) is 19.2. The fraction of sp³-hybridized carbons (Fsp3) is 1.00. The first-order chi connectivity index (χ1) is 12.3. The van der Waals surface area contributed by atoms with Gasteiger partial charge in [-0.25, -0.2) is 0 Å². The van der Waals surface area contributed by atoms with Crippen molar-refractivity contribution >= 4 is 0 Å². The average molecular weight is 364 g/mol. The van der Waals surface area contributed by atoms with Gasteiger partial charge < -0.3 is 15.9 Å². The Bertz CT molecular complexity index is 524. The molecule has 3 heteroatoms. The van der Waals surface area contributed by atoms with Crippen LogP contribution in [0.15, 0.2) is 0 Å². The summed E-state index contributed by atoms with van der Waals surface area (Å²) in [6.07, 6.45) is 10.0. The SMILES string of the molecule is C[C@H](CCN)[C@H]1CCC2C3C(CC[C@@]21C)[C@@]1(C)CC[C@@H](O)C[C@H]1C[C@@H]3O. The molecule has 4 N–H and O–H groups in total. The van der Waals surface area contributed by atoms with Gasteiger partial charge in [-0.1, -0.05) is 20.8 Å². The Morgan fingerprint density at radius 1 is 0.962 bits per heavy atom. The summed E-state index contributed by atoms with van der Waals surface area (Å²) in [7, 11) is 0. The highest BCUT2D eigenvalue weighted by atomic mass is 16.3. The van der Waals surface area contributed by atoms with Crippen LogP contribution in [-0.4, -0.2) is 29.0 Å². The quantitative estimate of drug-likeness (QED) is 0.711. The molecule has 0 amide bonds. The van der Waals surface area contributed by atoms with Gasteiger partial charge in [0.05, 0.1) is 12.2 Å². The molecule has 3 nitrogen and oxygen atoms in total. The third-order valence-corrected chi connectivity index (χ3v) is 10.0. The molecule has 0 bridgehead atoms. The maximum Gasteiger partial charge on any atom is 0.0577 e. The zero-order chi connectivity index (χ0) is 18.7. The van der Waals surface area contributed by atoms with Crippen molar-refractivity contribution in [3.05, 3.63) is 0 Å². The molecule has 4 rings (SSSR count). The van der Waals surface area contributed by atoms with E-state index >= 15 is 0 Å². The van der Waals surface area contributed by atoms with Crippen molar-refractivity contribution < 1.29 is 10.2 Å². The highest BCUT2D eigenvalue weighted by Crippen LogP contribution is 2.68. The smallest absolute Gasteiger partial charge is 0.0577 e. The van der Waals surface area contributed by atoms with Gasteiger partial charge in [0.25, 0.3) is 0 Å². The highest BCUT2D eigenvalue weighted by molar-refractivity contribution is 5.11. The fourth-order valence-electron chi connectivity index (χ4n) is 8.64. The normalized spacial score (nSPS) is 54.9. The molecule has 0 aromatic rings. The molecule has 0 saturated heterocycles. The molecule has 10 atom stereocenters. The summed E-state index contributed by atoms with van der Waals surface area (Å²) in [5.74, 6) is 3.83. The molecule has 0 heterocycles. The summed E-state index contributed by atoms with van der Waals surface area (Å²) in [4.78, 5) is 0. The number of rotatable bonds is 3. The van der Waals surface area contributed by atoms with Gasteiger partial charge >= 0.3 is 0 Å². The fourth-order valence-corrected chi connectivity index (χ4v) is 8.64. The van der Waals surface area contributed by atoms with E-state index in [9.17, 15) is 10.2 Å². The Morgan fingerprint density at radius 3 is 2.38 bits per heavy atom. The minimum absolute atomic E-state index is 0.140. The Kier molecular flexibility index (Phi) is 4.98. The van der Waals surface area contributed by atoms with Crippen LogP contribution in [0.3, 0.4) is 0 Å². The van der Waals surface area contributed by atoms with E-state index in [1.165, 1.54) is 25.7 Å². The van der Waals surface area contributed by atoms with Crippen LogP contribution < -0.4 is 5.73 Å².